The van der Waals surface area contributed by atoms with Gasteiger partial charge in [0, 0.05) is 6.20 Å². The molecule has 1 aromatic rings. The Morgan fingerprint density at radius 2 is 1.79 bits per heavy atom. The lowest BCUT2D eigenvalue weighted by molar-refractivity contribution is -0.275. The van der Waals surface area contributed by atoms with Gasteiger partial charge in [-0.15, -0.1) is 13.2 Å². The normalized spacial score (nSPS) is 12.4. The van der Waals surface area contributed by atoms with Crippen molar-refractivity contribution >= 4 is 28.6 Å². The van der Waals surface area contributed by atoms with Gasteiger partial charge in [-0.05, 0) is 22.6 Å². The Hall–Kier alpha value is -1.27. The molecule has 0 aliphatic heterocycles. The summed E-state index contributed by atoms with van der Waals surface area (Å²) in [5.74, 6) is -3.69. The monoisotopic (exact) mass is 401 g/mol. The van der Waals surface area contributed by atoms with Gasteiger partial charge in [0.05, 0.1) is 5.56 Å². The van der Waals surface area contributed by atoms with Crippen LogP contribution in [0, 0.1) is 3.70 Å². The van der Waals surface area contributed by atoms with Crippen LogP contribution in [0.4, 0.5) is 26.3 Å². The van der Waals surface area contributed by atoms with Gasteiger partial charge >= 0.3 is 18.5 Å². The van der Waals surface area contributed by atoms with Crippen LogP contribution < -0.4 is 4.74 Å². The van der Waals surface area contributed by atoms with E-state index in [4.69, 9.17) is 5.11 Å². The first-order chi connectivity index (χ1) is 8.43. The summed E-state index contributed by atoms with van der Waals surface area (Å²) in [5, 5.41) is 8.65. The minimum Gasteiger partial charge on any atom is -0.478 e. The Morgan fingerprint density at radius 3 is 2.16 bits per heavy atom. The third-order valence-corrected chi connectivity index (χ3v) is 2.50. The minimum absolute atomic E-state index is 0.133. The van der Waals surface area contributed by atoms with Crippen LogP contribution in [0.5, 0.6) is 5.75 Å². The van der Waals surface area contributed by atoms with Crippen LogP contribution in [0.3, 0.4) is 0 Å². The molecule has 0 spiro atoms. The molecule has 1 N–H and O–H groups in total. The average Bonchev–Trinajstić information content (AvgIpc) is 2.16. The molecule has 1 aromatic heterocycles. The van der Waals surface area contributed by atoms with Gasteiger partial charge in [0.1, 0.15) is 9.26 Å². The van der Waals surface area contributed by atoms with E-state index in [9.17, 15) is 31.1 Å². The molecule has 0 amide bonds. The van der Waals surface area contributed by atoms with Gasteiger partial charge in [-0.1, -0.05) is 0 Å². The van der Waals surface area contributed by atoms with Crippen molar-refractivity contribution in [3.63, 3.8) is 0 Å². The number of nitrogens with zero attached hydrogens (tertiary/aromatic N) is 1. The highest BCUT2D eigenvalue weighted by atomic mass is 127. The lowest BCUT2D eigenvalue weighted by atomic mass is 10.1. The van der Waals surface area contributed by atoms with Gasteiger partial charge in [-0.3, -0.25) is 0 Å². The quantitative estimate of drug-likeness (QED) is 0.470. The Morgan fingerprint density at radius 1 is 1.26 bits per heavy atom. The van der Waals surface area contributed by atoms with Crippen LogP contribution in [0.15, 0.2) is 6.20 Å². The van der Waals surface area contributed by atoms with Gasteiger partial charge in [0.15, 0.2) is 5.75 Å². The summed E-state index contributed by atoms with van der Waals surface area (Å²) in [6, 6.07) is 0. The summed E-state index contributed by atoms with van der Waals surface area (Å²) < 4.78 is 76.4. The molecular weight excluding hydrogens is 399 g/mol. The first-order valence-corrected chi connectivity index (χ1v) is 5.26. The van der Waals surface area contributed by atoms with Crippen molar-refractivity contribution in [1.29, 1.82) is 0 Å². The summed E-state index contributed by atoms with van der Waals surface area (Å²) in [6.45, 7) is 0. The van der Waals surface area contributed by atoms with Gasteiger partial charge in [0.2, 0.25) is 0 Å². The Bertz CT molecular complexity index is 512. The fourth-order valence-electron chi connectivity index (χ4n) is 1.11. The third kappa shape index (κ3) is 3.84. The lowest BCUT2D eigenvalue weighted by Crippen LogP contribution is -2.23. The van der Waals surface area contributed by atoms with Crippen LogP contribution in [0.25, 0.3) is 0 Å². The number of halogens is 7. The van der Waals surface area contributed by atoms with Crippen molar-refractivity contribution in [2.24, 2.45) is 0 Å². The zero-order chi connectivity index (χ0) is 15.0. The zero-order valence-corrected chi connectivity index (χ0v) is 10.6. The topological polar surface area (TPSA) is 59.4 Å². The van der Waals surface area contributed by atoms with Gasteiger partial charge in [-0.25, -0.2) is 9.78 Å². The highest BCUT2D eigenvalue weighted by Gasteiger charge is 2.41. The smallest absolute Gasteiger partial charge is 0.478 e. The molecule has 0 atom stereocenters. The predicted molar refractivity (Wildman–Crippen MR) is 55.6 cm³/mol. The average molecular weight is 401 g/mol. The molecule has 0 saturated carbocycles. The van der Waals surface area contributed by atoms with Crippen molar-refractivity contribution in [1.82, 2.24) is 4.98 Å². The fourth-order valence-corrected chi connectivity index (χ4v) is 1.63. The summed E-state index contributed by atoms with van der Waals surface area (Å²) in [4.78, 5) is 13.8. The zero-order valence-electron chi connectivity index (χ0n) is 8.43. The number of carboxylic acids is 1. The fraction of sp³-hybridized carbons (Fsp3) is 0.250. The first kappa shape index (κ1) is 15.8. The minimum atomic E-state index is -5.34. The second kappa shape index (κ2) is 5.02. The lowest BCUT2D eigenvalue weighted by Gasteiger charge is -2.16. The van der Waals surface area contributed by atoms with E-state index in [-0.39, 0.29) is 6.20 Å². The number of rotatable bonds is 2. The van der Waals surface area contributed by atoms with E-state index in [0.29, 0.717) is 0 Å². The summed E-state index contributed by atoms with van der Waals surface area (Å²) >= 11 is 1.14. The van der Waals surface area contributed by atoms with E-state index in [2.05, 4.69) is 9.72 Å². The second-order valence-electron chi connectivity index (χ2n) is 3.02. The number of alkyl halides is 6. The number of aromatic carboxylic acids is 1. The molecular formula is C8H2F6INO3. The summed E-state index contributed by atoms with van der Waals surface area (Å²) in [6.07, 6.45) is -10.4. The van der Waals surface area contributed by atoms with Crippen LogP contribution in [0.2, 0.25) is 0 Å². The molecule has 0 radical (unpaired) electrons. The first-order valence-electron chi connectivity index (χ1n) is 4.18. The van der Waals surface area contributed by atoms with Crippen LogP contribution in [-0.2, 0) is 6.18 Å². The van der Waals surface area contributed by atoms with Gasteiger partial charge in [0.25, 0.3) is 0 Å². The highest BCUT2D eigenvalue weighted by molar-refractivity contribution is 14.1. The van der Waals surface area contributed by atoms with E-state index in [1.807, 2.05) is 0 Å². The SMILES string of the molecule is O=C(O)c1c(C(F)(F)F)cnc(I)c1OC(F)(F)F. The maximum absolute atomic E-state index is 12.5. The largest absolute Gasteiger partial charge is 0.573 e. The number of pyridine rings is 1. The van der Waals surface area contributed by atoms with Gasteiger partial charge < -0.3 is 9.84 Å². The van der Waals surface area contributed by atoms with Crippen LogP contribution in [-0.4, -0.2) is 22.4 Å². The standard InChI is InChI=1S/C8H2F6INO3/c9-7(10,11)2-1-16-5(15)4(3(2)6(17)18)19-8(12,13)14/h1H,(H,17,18). The Labute approximate surface area is 114 Å². The van der Waals surface area contributed by atoms with Crippen molar-refractivity contribution < 1.29 is 41.0 Å². The maximum Gasteiger partial charge on any atom is 0.573 e. The maximum atomic E-state index is 12.5. The molecule has 0 aliphatic rings. The van der Waals surface area contributed by atoms with Crippen molar-refractivity contribution in [2.75, 3.05) is 0 Å². The molecule has 106 valence electrons. The molecule has 0 fully saturated rings. The van der Waals surface area contributed by atoms with Crippen LogP contribution >= 0.6 is 22.6 Å². The van der Waals surface area contributed by atoms with E-state index in [0.717, 1.165) is 22.6 Å². The number of hydrogen-bond donors (Lipinski definition) is 1. The molecule has 0 aromatic carbocycles. The van der Waals surface area contributed by atoms with E-state index in [1.54, 1.807) is 0 Å². The molecule has 1 rings (SSSR count). The molecule has 4 nitrogen and oxygen atoms in total. The van der Waals surface area contributed by atoms with Crippen molar-refractivity contribution in [2.45, 2.75) is 12.5 Å². The van der Waals surface area contributed by atoms with Crippen molar-refractivity contribution in [3.05, 3.63) is 21.0 Å². The number of ether oxygens (including phenoxy) is 1. The molecule has 0 unspecified atom stereocenters. The number of hydrogen-bond acceptors (Lipinski definition) is 3. The Balaban J connectivity index is 3.56. The number of aromatic nitrogens is 1. The molecule has 0 aliphatic carbocycles. The molecule has 11 heteroatoms. The van der Waals surface area contributed by atoms with Gasteiger partial charge in [-0.2, -0.15) is 13.2 Å². The van der Waals surface area contributed by atoms with E-state index < -0.39 is 39.1 Å². The highest BCUT2D eigenvalue weighted by Crippen LogP contribution is 2.39. The molecule has 19 heavy (non-hydrogen) atoms. The molecule has 1 heterocycles. The number of carbonyl (C=O) groups is 1. The summed E-state index contributed by atoms with van der Waals surface area (Å²) in [5.41, 5.74) is -3.45. The Kier molecular flexibility index (Phi) is 4.17. The van der Waals surface area contributed by atoms with E-state index >= 15 is 0 Å². The third-order valence-electron chi connectivity index (χ3n) is 1.73. The summed E-state index contributed by atoms with van der Waals surface area (Å²) in [7, 11) is 0. The van der Waals surface area contributed by atoms with Crippen molar-refractivity contribution in [3.8, 4) is 5.75 Å². The molecule has 0 saturated heterocycles. The molecule has 0 bridgehead atoms. The van der Waals surface area contributed by atoms with E-state index in [1.165, 1.54) is 0 Å². The predicted octanol–water partition coefficient (Wildman–Crippen LogP) is 3.30. The van der Waals surface area contributed by atoms with Crippen LogP contribution in [0.1, 0.15) is 15.9 Å². The number of carboxylic acid groups (broad SMARTS) is 1. The second-order valence-corrected chi connectivity index (χ2v) is 4.04.